The van der Waals surface area contributed by atoms with Gasteiger partial charge in [0.25, 0.3) is 5.91 Å². The Morgan fingerprint density at radius 1 is 1.19 bits per heavy atom. The van der Waals surface area contributed by atoms with E-state index in [9.17, 15) is 14.0 Å². The van der Waals surface area contributed by atoms with Crippen molar-refractivity contribution in [1.29, 1.82) is 0 Å². The van der Waals surface area contributed by atoms with Crippen LogP contribution in [0.1, 0.15) is 30.6 Å². The van der Waals surface area contributed by atoms with E-state index in [4.69, 9.17) is 21.1 Å². The van der Waals surface area contributed by atoms with Crippen LogP contribution in [0.5, 0.6) is 5.75 Å². The minimum atomic E-state index is -0.895. The maximum absolute atomic E-state index is 13.7. The molecule has 1 atom stereocenters. The van der Waals surface area contributed by atoms with Gasteiger partial charge in [0.2, 0.25) is 0 Å². The van der Waals surface area contributed by atoms with Crippen molar-refractivity contribution in [1.82, 2.24) is 0 Å². The molecular weight excluding hydrogens is 361 g/mol. The van der Waals surface area contributed by atoms with Crippen LogP contribution in [-0.2, 0) is 9.53 Å². The summed E-state index contributed by atoms with van der Waals surface area (Å²) in [4.78, 5) is 24.3. The third kappa shape index (κ3) is 4.95. The zero-order chi connectivity index (χ0) is 19.1. The summed E-state index contributed by atoms with van der Waals surface area (Å²) >= 11 is 6.00. The van der Waals surface area contributed by atoms with E-state index >= 15 is 0 Å². The molecule has 2 aromatic carbocycles. The summed E-state index contributed by atoms with van der Waals surface area (Å²) in [5.74, 6) is -1.59. The summed E-state index contributed by atoms with van der Waals surface area (Å²) in [6.45, 7) is 3.64. The monoisotopic (exact) mass is 379 g/mol. The highest BCUT2D eigenvalue weighted by Gasteiger charge is 2.21. The van der Waals surface area contributed by atoms with E-state index in [2.05, 4.69) is 5.32 Å². The fourth-order valence-electron chi connectivity index (χ4n) is 2.21. The molecule has 7 heteroatoms. The second-order valence-electron chi connectivity index (χ2n) is 5.35. The van der Waals surface area contributed by atoms with Crippen LogP contribution < -0.4 is 10.1 Å². The third-order valence-corrected chi connectivity index (χ3v) is 3.83. The van der Waals surface area contributed by atoms with E-state index in [1.165, 1.54) is 30.3 Å². The quantitative estimate of drug-likeness (QED) is 0.722. The first-order chi connectivity index (χ1) is 12.5. The minimum Gasteiger partial charge on any atom is -0.478 e. The molecule has 2 rings (SSSR count). The SMILES string of the molecule is CCOC(=O)c1cc(NC(=O)[C@H](CC)Oc2ccccc2F)ccc1Cl. The van der Waals surface area contributed by atoms with Crippen molar-refractivity contribution in [2.75, 3.05) is 11.9 Å². The number of para-hydroxylation sites is 1. The first-order valence-corrected chi connectivity index (χ1v) is 8.52. The van der Waals surface area contributed by atoms with Crippen molar-refractivity contribution in [3.63, 3.8) is 0 Å². The van der Waals surface area contributed by atoms with Gasteiger partial charge in [0.1, 0.15) is 0 Å². The van der Waals surface area contributed by atoms with Crippen LogP contribution in [0, 0.1) is 5.82 Å². The Hall–Kier alpha value is -2.60. The molecule has 0 saturated carbocycles. The lowest BCUT2D eigenvalue weighted by Crippen LogP contribution is -2.32. The Balaban J connectivity index is 2.13. The number of amides is 1. The average molecular weight is 380 g/mol. The summed E-state index contributed by atoms with van der Waals surface area (Å²) in [5, 5.41) is 2.86. The number of hydrogen-bond acceptors (Lipinski definition) is 4. The van der Waals surface area contributed by atoms with Crippen LogP contribution in [0.25, 0.3) is 0 Å². The Bertz CT molecular complexity index is 797. The van der Waals surface area contributed by atoms with Crippen molar-refractivity contribution < 1.29 is 23.5 Å². The van der Waals surface area contributed by atoms with Gasteiger partial charge >= 0.3 is 5.97 Å². The lowest BCUT2D eigenvalue weighted by Gasteiger charge is -2.18. The molecule has 0 fully saturated rings. The third-order valence-electron chi connectivity index (χ3n) is 3.50. The number of hydrogen-bond donors (Lipinski definition) is 1. The smallest absolute Gasteiger partial charge is 0.339 e. The Labute approximate surface area is 156 Å². The minimum absolute atomic E-state index is 0.00202. The zero-order valence-corrected chi connectivity index (χ0v) is 15.2. The first-order valence-electron chi connectivity index (χ1n) is 8.15. The van der Waals surface area contributed by atoms with Gasteiger partial charge in [-0.25, -0.2) is 9.18 Å². The Kier molecular flexibility index (Phi) is 6.97. The van der Waals surface area contributed by atoms with Crippen LogP contribution in [0.4, 0.5) is 10.1 Å². The lowest BCUT2D eigenvalue weighted by molar-refractivity contribution is -0.122. The van der Waals surface area contributed by atoms with Crippen LogP contribution in [0.15, 0.2) is 42.5 Å². The summed E-state index contributed by atoms with van der Waals surface area (Å²) in [6.07, 6.45) is -0.563. The summed E-state index contributed by atoms with van der Waals surface area (Å²) in [5.41, 5.74) is 0.507. The second-order valence-corrected chi connectivity index (χ2v) is 5.76. The molecule has 5 nitrogen and oxygen atoms in total. The van der Waals surface area contributed by atoms with Gasteiger partial charge < -0.3 is 14.8 Å². The normalized spacial score (nSPS) is 11.5. The largest absolute Gasteiger partial charge is 0.478 e. The van der Waals surface area contributed by atoms with Gasteiger partial charge in [0, 0.05) is 5.69 Å². The number of benzene rings is 2. The van der Waals surface area contributed by atoms with E-state index in [-0.39, 0.29) is 22.9 Å². The number of ether oxygens (including phenoxy) is 2. The molecule has 0 spiro atoms. The molecule has 0 aliphatic heterocycles. The standard InChI is InChI=1S/C19H19ClFNO4/c1-3-16(26-17-8-6-5-7-15(17)21)18(23)22-12-9-10-14(20)13(11-12)19(24)25-4-2/h5-11,16H,3-4H2,1-2H3,(H,22,23)/t16-/m0/s1. The molecule has 0 bridgehead atoms. The zero-order valence-electron chi connectivity index (χ0n) is 14.4. The molecule has 138 valence electrons. The highest BCUT2D eigenvalue weighted by atomic mass is 35.5. The fourth-order valence-corrected chi connectivity index (χ4v) is 2.40. The summed E-state index contributed by atoms with van der Waals surface area (Å²) < 4.78 is 24.1. The highest BCUT2D eigenvalue weighted by molar-refractivity contribution is 6.33. The molecule has 1 amide bonds. The topological polar surface area (TPSA) is 64.6 Å². The summed E-state index contributed by atoms with van der Waals surface area (Å²) in [6, 6.07) is 10.3. The predicted molar refractivity (Wildman–Crippen MR) is 97.1 cm³/mol. The molecule has 2 aromatic rings. The van der Waals surface area contributed by atoms with Gasteiger partial charge in [-0.15, -0.1) is 0 Å². The van der Waals surface area contributed by atoms with E-state index in [1.807, 2.05) is 0 Å². The number of rotatable bonds is 7. The van der Waals surface area contributed by atoms with Gasteiger partial charge in [-0.3, -0.25) is 4.79 Å². The molecule has 1 N–H and O–H groups in total. The van der Waals surface area contributed by atoms with Gasteiger partial charge in [-0.2, -0.15) is 0 Å². The summed E-state index contributed by atoms with van der Waals surface area (Å²) in [7, 11) is 0. The van der Waals surface area contributed by atoms with Crippen LogP contribution in [-0.4, -0.2) is 24.6 Å². The number of carbonyl (C=O) groups excluding carboxylic acids is 2. The molecular formula is C19H19ClFNO4. The van der Waals surface area contributed by atoms with E-state index in [0.29, 0.717) is 12.1 Å². The molecule has 0 aliphatic rings. The molecule has 0 radical (unpaired) electrons. The lowest BCUT2D eigenvalue weighted by atomic mass is 10.2. The average Bonchev–Trinajstić information content (AvgIpc) is 2.62. The van der Waals surface area contributed by atoms with Gasteiger partial charge in [0.05, 0.1) is 17.2 Å². The predicted octanol–water partition coefficient (Wildman–Crippen LogP) is 4.45. The van der Waals surface area contributed by atoms with E-state index < -0.39 is 23.8 Å². The highest BCUT2D eigenvalue weighted by Crippen LogP contribution is 2.23. The Morgan fingerprint density at radius 2 is 1.92 bits per heavy atom. The van der Waals surface area contributed by atoms with Crippen molar-refractivity contribution in [3.05, 3.63) is 58.9 Å². The van der Waals surface area contributed by atoms with Crippen LogP contribution in [0.3, 0.4) is 0 Å². The molecule has 0 heterocycles. The second kappa shape index (κ2) is 9.20. The maximum atomic E-state index is 13.7. The van der Waals surface area contributed by atoms with Gasteiger partial charge in [0.15, 0.2) is 17.7 Å². The molecule has 0 unspecified atom stereocenters. The number of nitrogens with one attached hydrogen (secondary N) is 1. The molecule has 26 heavy (non-hydrogen) atoms. The first kappa shape index (κ1) is 19.7. The van der Waals surface area contributed by atoms with E-state index in [1.54, 1.807) is 26.0 Å². The van der Waals surface area contributed by atoms with Crippen molar-refractivity contribution in [3.8, 4) is 5.75 Å². The number of halogens is 2. The van der Waals surface area contributed by atoms with Crippen LogP contribution in [0.2, 0.25) is 5.02 Å². The maximum Gasteiger partial charge on any atom is 0.339 e. The van der Waals surface area contributed by atoms with Gasteiger partial charge in [-0.1, -0.05) is 30.7 Å². The number of esters is 1. The Morgan fingerprint density at radius 3 is 2.58 bits per heavy atom. The van der Waals surface area contributed by atoms with Crippen LogP contribution >= 0.6 is 11.6 Å². The van der Waals surface area contributed by atoms with Crippen molar-refractivity contribution >= 4 is 29.2 Å². The molecule has 0 saturated heterocycles. The van der Waals surface area contributed by atoms with Crippen molar-refractivity contribution in [2.45, 2.75) is 26.4 Å². The van der Waals surface area contributed by atoms with Crippen molar-refractivity contribution in [2.24, 2.45) is 0 Å². The van der Waals surface area contributed by atoms with E-state index in [0.717, 1.165) is 0 Å². The fraction of sp³-hybridized carbons (Fsp3) is 0.263. The molecule has 0 aromatic heterocycles. The van der Waals surface area contributed by atoms with Gasteiger partial charge in [-0.05, 0) is 43.7 Å². The molecule has 0 aliphatic carbocycles. The number of carbonyl (C=O) groups is 2. The number of anilines is 1.